The number of ether oxygens (including phenoxy) is 2. The second-order valence-electron chi connectivity index (χ2n) is 8.49. The van der Waals surface area contributed by atoms with Crippen molar-refractivity contribution in [1.82, 2.24) is 0 Å². The van der Waals surface area contributed by atoms with E-state index in [-0.39, 0.29) is 30.9 Å². The molecule has 11 heteroatoms. The highest BCUT2D eigenvalue weighted by molar-refractivity contribution is 6.31. The first-order valence-electron chi connectivity index (χ1n) is 10.9. The Bertz CT molecular complexity index is 1280. The van der Waals surface area contributed by atoms with Crippen LogP contribution in [0, 0.1) is 0 Å². The summed E-state index contributed by atoms with van der Waals surface area (Å²) < 4.78 is 48.8. The number of urea groups is 1. The maximum absolute atomic E-state index is 14.1. The smallest absolute Gasteiger partial charge is 0.406 e. The summed E-state index contributed by atoms with van der Waals surface area (Å²) in [6.07, 6.45) is -4.74. The first kappa shape index (κ1) is 24.7. The van der Waals surface area contributed by atoms with Crippen LogP contribution >= 0.6 is 23.2 Å². The molecule has 1 spiro atoms. The van der Waals surface area contributed by atoms with Crippen LogP contribution in [0.4, 0.5) is 29.3 Å². The van der Waals surface area contributed by atoms with Crippen LogP contribution < -0.4 is 14.5 Å². The van der Waals surface area contributed by atoms with Crippen LogP contribution in [0.3, 0.4) is 0 Å². The van der Waals surface area contributed by atoms with Gasteiger partial charge in [-0.15, -0.1) is 13.2 Å². The highest BCUT2D eigenvalue weighted by atomic mass is 35.5. The Morgan fingerprint density at radius 1 is 0.917 bits per heavy atom. The molecule has 2 aliphatic rings. The molecule has 3 aromatic rings. The van der Waals surface area contributed by atoms with E-state index in [4.69, 9.17) is 27.9 Å². The van der Waals surface area contributed by atoms with E-state index in [1.54, 1.807) is 48.5 Å². The lowest BCUT2D eigenvalue weighted by Gasteiger charge is -2.44. The van der Waals surface area contributed by atoms with E-state index in [1.165, 1.54) is 17.0 Å². The van der Waals surface area contributed by atoms with Crippen LogP contribution in [0.2, 0.25) is 10.0 Å². The predicted octanol–water partition coefficient (Wildman–Crippen LogP) is 6.34. The number of aliphatic hydroxyl groups is 1. The molecule has 0 unspecified atom stereocenters. The second kappa shape index (κ2) is 8.85. The van der Waals surface area contributed by atoms with Crippen molar-refractivity contribution in [3.63, 3.8) is 0 Å². The van der Waals surface area contributed by atoms with Crippen molar-refractivity contribution in [3.05, 3.63) is 88.4 Å². The van der Waals surface area contributed by atoms with E-state index in [9.17, 15) is 23.1 Å². The van der Waals surface area contributed by atoms with Gasteiger partial charge in [0.2, 0.25) is 0 Å². The Kier molecular flexibility index (Phi) is 6.07. The van der Waals surface area contributed by atoms with Gasteiger partial charge in [-0.05, 0) is 60.7 Å². The summed E-state index contributed by atoms with van der Waals surface area (Å²) in [5.74, 6) is -0.532. The Hall–Kier alpha value is -2.98. The summed E-state index contributed by atoms with van der Waals surface area (Å²) in [5, 5.41) is 13.4. The van der Waals surface area contributed by atoms with Crippen molar-refractivity contribution in [2.24, 2.45) is 0 Å². The zero-order chi connectivity index (χ0) is 25.7. The average Bonchev–Trinajstić information content (AvgIpc) is 3.38. The van der Waals surface area contributed by atoms with Gasteiger partial charge in [0.1, 0.15) is 11.3 Å². The minimum Gasteiger partial charge on any atom is -0.406 e. The van der Waals surface area contributed by atoms with Gasteiger partial charge < -0.3 is 14.6 Å². The maximum Gasteiger partial charge on any atom is 0.573 e. The summed E-state index contributed by atoms with van der Waals surface area (Å²) >= 11 is 12.1. The molecule has 2 atom stereocenters. The molecule has 2 fully saturated rings. The number of carbonyl (C=O) groups excluding carboxylic acids is 1. The van der Waals surface area contributed by atoms with Crippen molar-refractivity contribution >= 4 is 40.6 Å². The van der Waals surface area contributed by atoms with Gasteiger partial charge in [-0.25, -0.2) is 4.79 Å². The summed E-state index contributed by atoms with van der Waals surface area (Å²) in [5.41, 5.74) is -2.80. The van der Waals surface area contributed by atoms with Gasteiger partial charge in [0, 0.05) is 40.0 Å². The number of rotatable bonds is 4. The third kappa shape index (κ3) is 3.96. The van der Waals surface area contributed by atoms with Gasteiger partial charge in [-0.1, -0.05) is 35.3 Å². The first-order valence-corrected chi connectivity index (χ1v) is 11.6. The summed E-state index contributed by atoms with van der Waals surface area (Å²) in [7, 11) is 0. The summed E-state index contributed by atoms with van der Waals surface area (Å²) in [4.78, 5) is 16.7. The monoisotopic (exact) mass is 538 g/mol. The number of carbonyl (C=O) groups is 1. The van der Waals surface area contributed by atoms with E-state index in [0.717, 1.165) is 17.0 Å². The molecule has 2 aliphatic heterocycles. The maximum atomic E-state index is 14.1. The molecule has 36 heavy (non-hydrogen) atoms. The van der Waals surface area contributed by atoms with Crippen LogP contribution in [0.1, 0.15) is 12.0 Å². The molecule has 6 nitrogen and oxygen atoms in total. The van der Waals surface area contributed by atoms with Crippen molar-refractivity contribution in [2.75, 3.05) is 23.0 Å². The molecular weight excluding hydrogens is 520 g/mol. The molecule has 2 saturated heterocycles. The molecular formula is C25H19Cl2F3N2O4. The minimum absolute atomic E-state index is 0.0227. The van der Waals surface area contributed by atoms with Crippen LogP contribution in [0.15, 0.2) is 72.8 Å². The Balaban J connectivity index is 1.75. The number of alkyl halides is 3. The predicted molar refractivity (Wildman–Crippen MR) is 128 cm³/mol. The van der Waals surface area contributed by atoms with Crippen LogP contribution in [-0.4, -0.2) is 36.3 Å². The lowest BCUT2D eigenvalue weighted by Crippen LogP contribution is -2.60. The lowest BCUT2D eigenvalue weighted by atomic mass is 9.79. The Morgan fingerprint density at radius 3 is 2.03 bits per heavy atom. The fourth-order valence-electron chi connectivity index (χ4n) is 4.93. The third-order valence-corrected chi connectivity index (χ3v) is 6.93. The molecule has 2 amide bonds. The van der Waals surface area contributed by atoms with E-state index in [2.05, 4.69) is 4.74 Å². The number of halogens is 5. The van der Waals surface area contributed by atoms with Crippen LogP contribution in [0.25, 0.3) is 0 Å². The highest BCUT2D eigenvalue weighted by Crippen LogP contribution is 2.54. The topological polar surface area (TPSA) is 62.2 Å². The van der Waals surface area contributed by atoms with E-state index in [0.29, 0.717) is 15.7 Å². The largest absolute Gasteiger partial charge is 0.573 e. The molecule has 5 rings (SSSR count). The normalized spacial score (nSPS) is 24.1. The van der Waals surface area contributed by atoms with Gasteiger partial charge >= 0.3 is 12.4 Å². The number of hydrogen-bond donors (Lipinski definition) is 1. The molecule has 0 aromatic heterocycles. The molecule has 188 valence electrons. The van der Waals surface area contributed by atoms with Crippen molar-refractivity contribution in [3.8, 4) is 5.75 Å². The molecule has 2 heterocycles. The van der Waals surface area contributed by atoms with Crippen LogP contribution in [-0.2, 0) is 10.5 Å². The summed E-state index contributed by atoms with van der Waals surface area (Å²) in [6, 6.07) is 17.1. The molecule has 0 saturated carbocycles. The fourth-order valence-corrected chi connectivity index (χ4v) is 5.19. The van der Waals surface area contributed by atoms with Gasteiger partial charge in [0.05, 0.1) is 6.61 Å². The average molecular weight is 539 g/mol. The number of hydrogen-bond acceptors (Lipinski definition) is 4. The molecule has 0 bridgehead atoms. The Morgan fingerprint density at radius 2 is 1.50 bits per heavy atom. The Labute approximate surface area is 214 Å². The number of amides is 2. The van der Waals surface area contributed by atoms with E-state index >= 15 is 0 Å². The second-order valence-corrected chi connectivity index (χ2v) is 9.36. The number of nitrogens with zero attached hydrogens (tertiary/aromatic N) is 2. The highest BCUT2D eigenvalue weighted by Gasteiger charge is 2.70. The minimum atomic E-state index is -4.94. The zero-order valence-electron chi connectivity index (χ0n) is 18.5. The summed E-state index contributed by atoms with van der Waals surface area (Å²) in [6.45, 7) is 0.138. The van der Waals surface area contributed by atoms with Crippen molar-refractivity contribution in [1.29, 1.82) is 0 Å². The standard InChI is InChI=1S/C25H19Cl2F3N2O4/c26-17-4-8-19(9-5-17)31-22(33)32(20-10-6-18(27)7-11-20)24(34,23(31)12-13-35-15-23)16-2-1-3-21(14-16)36-25(28,29)30/h1-11,14,34H,12-13,15H2/t23-,24-/m1/s1. The fraction of sp³-hybridized carbons (Fsp3) is 0.240. The lowest BCUT2D eigenvalue weighted by molar-refractivity contribution is -0.274. The van der Waals surface area contributed by atoms with Gasteiger partial charge in [0.15, 0.2) is 5.72 Å². The van der Waals surface area contributed by atoms with Gasteiger partial charge in [-0.2, -0.15) is 0 Å². The van der Waals surface area contributed by atoms with Crippen molar-refractivity contribution < 1.29 is 32.5 Å². The van der Waals surface area contributed by atoms with Crippen LogP contribution in [0.5, 0.6) is 5.75 Å². The molecule has 0 radical (unpaired) electrons. The van der Waals surface area contributed by atoms with Gasteiger partial charge in [0.25, 0.3) is 0 Å². The quantitative estimate of drug-likeness (QED) is 0.420. The zero-order valence-corrected chi connectivity index (χ0v) is 20.0. The van der Waals surface area contributed by atoms with E-state index in [1.807, 2.05) is 0 Å². The SMILES string of the molecule is O=C1N(c2ccc(Cl)cc2)[C@@]2(CCOC2)[C@](O)(c2cccc(OC(F)(F)F)c2)N1c1ccc(Cl)cc1. The van der Waals surface area contributed by atoms with E-state index < -0.39 is 29.4 Å². The molecule has 0 aliphatic carbocycles. The van der Waals surface area contributed by atoms with Gasteiger partial charge in [-0.3, -0.25) is 9.80 Å². The third-order valence-electron chi connectivity index (χ3n) is 6.42. The van der Waals surface area contributed by atoms with Crippen molar-refractivity contribution in [2.45, 2.75) is 24.0 Å². The first-order chi connectivity index (χ1) is 17.0. The number of anilines is 2. The molecule has 3 aromatic carbocycles. The molecule has 1 N–H and O–H groups in total. The number of benzene rings is 3.